The Balaban J connectivity index is 1.44. The van der Waals surface area contributed by atoms with Crippen LogP contribution in [0.1, 0.15) is 26.6 Å². The first-order valence-electron chi connectivity index (χ1n) is 8.19. The molecule has 3 aromatic rings. The number of H-pyrrole nitrogens is 1. The molecule has 2 N–H and O–H groups in total. The van der Waals surface area contributed by atoms with Gasteiger partial charge in [0.25, 0.3) is 11.5 Å². The largest absolute Gasteiger partial charge is 0.454 e. The highest BCUT2D eigenvalue weighted by atomic mass is 32.1. The predicted octanol–water partition coefficient (Wildman–Crippen LogP) is 2.30. The zero-order valence-electron chi connectivity index (χ0n) is 14.3. The van der Waals surface area contributed by atoms with Gasteiger partial charge in [-0.15, -0.1) is 11.3 Å². The van der Waals surface area contributed by atoms with Crippen LogP contribution in [0.2, 0.25) is 0 Å². The van der Waals surface area contributed by atoms with Crippen LogP contribution in [0, 0.1) is 13.8 Å². The molecule has 7 nitrogen and oxygen atoms in total. The standard InChI is InChI=1S/C18H17N3O4S/c1-9-10(2)26-18-15(9)17(23)20-14(21-18)5-6-19-16(22)11-3-4-12-13(7-11)25-8-24-12/h3-4,7H,5-6,8H2,1-2H3,(H,19,22)(H,20,21,23). The van der Waals surface area contributed by atoms with Gasteiger partial charge in [0.1, 0.15) is 10.7 Å². The van der Waals surface area contributed by atoms with Crippen molar-refractivity contribution in [3.05, 3.63) is 50.4 Å². The summed E-state index contributed by atoms with van der Waals surface area (Å²) in [5.74, 6) is 1.56. The minimum Gasteiger partial charge on any atom is -0.454 e. The summed E-state index contributed by atoms with van der Waals surface area (Å²) in [6.07, 6.45) is 0.442. The Morgan fingerprint density at radius 2 is 2.12 bits per heavy atom. The lowest BCUT2D eigenvalue weighted by molar-refractivity contribution is 0.0953. The topological polar surface area (TPSA) is 93.3 Å². The number of aryl methyl sites for hydroxylation is 2. The van der Waals surface area contributed by atoms with Crippen molar-refractivity contribution in [1.29, 1.82) is 0 Å². The molecule has 3 heterocycles. The summed E-state index contributed by atoms with van der Waals surface area (Å²) in [6, 6.07) is 5.05. The van der Waals surface area contributed by atoms with Crippen molar-refractivity contribution in [3.8, 4) is 11.5 Å². The average molecular weight is 371 g/mol. The molecular weight excluding hydrogens is 354 g/mol. The SMILES string of the molecule is Cc1sc2nc(CCNC(=O)c3ccc4c(c3)OCO4)[nH]c(=O)c2c1C. The van der Waals surface area contributed by atoms with Gasteiger partial charge in [-0.1, -0.05) is 0 Å². The van der Waals surface area contributed by atoms with Crippen LogP contribution in [0.4, 0.5) is 0 Å². The van der Waals surface area contributed by atoms with E-state index in [9.17, 15) is 9.59 Å². The van der Waals surface area contributed by atoms with Gasteiger partial charge in [0, 0.05) is 23.4 Å². The van der Waals surface area contributed by atoms with Crippen LogP contribution in [0.5, 0.6) is 11.5 Å². The van der Waals surface area contributed by atoms with Gasteiger partial charge in [0.2, 0.25) is 6.79 Å². The highest BCUT2D eigenvalue weighted by Crippen LogP contribution is 2.32. The van der Waals surface area contributed by atoms with Crippen LogP contribution in [0.3, 0.4) is 0 Å². The third-order valence-corrected chi connectivity index (χ3v) is 5.47. The van der Waals surface area contributed by atoms with Gasteiger partial charge < -0.3 is 19.8 Å². The number of thiophene rings is 1. The number of carbonyl (C=O) groups excluding carboxylic acids is 1. The van der Waals surface area contributed by atoms with E-state index in [0.717, 1.165) is 15.3 Å². The van der Waals surface area contributed by atoms with Gasteiger partial charge in [-0.2, -0.15) is 0 Å². The molecule has 0 bridgehead atoms. The number of ether oxygens (including phenoxy) is 2. The number of fused-ring (bicyclic) bond motifs is 2. The number of benzene rings is 1. The number of nitrogens with zero attached hydrogens (tertiary/aromatic N) is 1. The van der Waals surface area contributed by atoms with Crippen molar-refractivity contribution in [3.63, 3.8) is 0 Å². The van der Waals surface area contributed by atoms with Crippen molar-refractivity contribution in [2.24, 2.45) is 0 Å². The molecule has 0 spiro atoms. The minimum atomic E-state index is -0.213. The molecule has 0 radical (unpaired) electrons. The number of hydrogen-bond acceptors (Lipinski definition) is 6. The number of amides is 1. The Morgan fingerprint density at radius 1 is 1.31 bits per heavy atom. The zero-order chi connectivity index (χ0) is 18.3. The van der Waals surface area contributed by atoms with Crippen LogP contribution in [-0.2, 0) is 6.42 Å². The van der Waals surface area contributed by atoms with Crippen LogP contribution >= 0.6 is 11.3 Å². The summed E-state index contributed by atoms with van der Waals surface area (Å²) in [6.45, 7) is 4.44. The fraction of sp³-hybridized carbons (Fsp3) is 0.278. The molecule has 2 aromatic heterocycles. The number of aromatic nitrogens is 2. The molecule has 0 fully saturated rings. The monoisotopic (exact) mass is 371 g/mol. The Bertz CT molecular complexity index is 1070. The number of rotatable bonds is 4. The van der Waals surface area contributed by atoms with Gasteiger partial charge in [-0.05, 0) is 37.6 Å². The molecular formula is C18H17N3O4S. The van der Waals surface area contributed by atoms with Crippen molar-refractivity contribution in [1.82, 2.24) is 15.3 Å². The van der Waals surface area contributed by atoms with Crippen LogP contribution in [0.15, 0.2) is 23.0 Å². The molecule has 1 aromatic carbocycles. The normalized spacial score (nSPS) is 12.5. The first kappa shape index (κ1) is 16.6. The van der Waals surface area contributed by atoms with Crippen molar-refractivity contribution in [2.75, 3.05) is 13.3 Å². The Kier molecular flexibility index (Phi) is 4.12. The summed E-state index contributed by atoms with van der Waals surface area (Å²) in [5, 5.41) is 3.48. The smallest absolute Gasteiger partial charge is 0.259 e. The van der Waals surface area contributed by atoms with E-state index in [1.165, 1.54) is 11.3 Å². The van der Waals surface area contributed by atoms with Crippen molar-refractivity contribution >= 4 is 27.5 Å². The molecule has 0 saturated carbocycles. The van der Waals surface area contributed by atoms with Gasteiger partial charge >= 0.3 is 0 Å². The van der Waals surface area contributed by atoms with E-state index in [1.54, 1.807) is 18.2 Å². The first-order chi connectivity index (χ1) is 12.5. The van der Waals surface area contributed by atoms with Gasteiger partial charge in [-0.3, -0.25) is 9.59 Å². The summed E-state index contributed by atoms with van der Waals surface area (Å²) >= 11 is 1.51. The molecule has 4 rings (SSSR count). The fourth-order valence-electron chi connectivity index (χ4n) is 2.85. The van der Waals surface area contributed by atoms with E-state index < -0.39 is 0 Å². The number of nitrogens with one attached hydrogen (secondary N) is 2. The fourth-order valence-corrected chi connectivity index (χ4v) is 3.90. The maximum absolute atomic E-state index is 12.3. The predicted molar refractivity (Wildman–Crippen MR) is 98.3 cm³/mol. The summed E-state index contributed by atoms with van der Waals surface area (Å²) in [7, 11) is 0. The quantitative estimate of drug-likeness (QED) is 0.734. The number of carbonyl (C=O) groups is 1. The Morgan fingerprint density at radius 3 is 2.96 bits per heavy atom. The molecule has 134 valence electrons. The molecule has 1 aliphatic rings. The van der Waals surface area contributed by atoms with E-state index in [2.05, 4.69) is 15.3 Å². The van der Waals surface area contributed by atoms with E-state index in [1.807, 2.05) is 13.8 Å². The highest BCUT2D eigenvalue weighted by Gasteiger charge is 2.16. The Hall–Kier alpha value is -2.87. The second-order valence-corrected chi connectivity index (χ2v) is 7.25. The third kappa shape index (κ3) is 2.92. The third-order valence-electron chi connectivity index (χ3n) is 4.37. The average Bonchev–Trinajstić information content (AvgIpc) is 3.19. The van der Waals surface area contributed by atoms with Crippen LogP contribution < -0.4 is 20.3 Å². The lowest BCUT2D eigenvalue weighted by Crippen LogP contribution is -2.26. The minimum absolute atomic E-state index is 0.131. The maximum atomic E-state index is 12.3. The molecule has 8 heteroatoms. The second kappa shape index (κ2) is 6.45. The van der Waals surface area contributed by atoms with E-state index >= 15 is 0 Å². The van der Waals surface area contributed by atoms with E-state index in [-0.39, 0.29) is 18.3 Å². The van der Waals surface area contributed by atoms with Crippen molar-refractivity contribution in [2.45, 2.75) is 20.3 Å². The molecule has 1 aliphatic heterocycles. The molecule has 26 heavy (non-hydrogen) atoms. The lowest BCUT2D eigenvalue weighted by Gasteiger charge is -2.06. The van der Waals surface area contributed by atoms with Gasteiger partial charge in [0.05, 0.1) is 5.39 Å². The summed E-state index contributed by atoms with van der Waals surface area (Å²) in [4.78, 5) is 33.7. The molecule has 0 saturated heterocycles. The maximum Gasteiger partial charge on any atom is 0.259 e. The number of hydrogen-bond donors (Lipinski definition) is 2. The Labute approximate surface area is 153 Å². The molecule has 0 aliphatic carbocycles. The van der Waals surface area contributed by atoms with Crippen LogP contribution in [0.25, 0.3) is 10.2 Å². The highest BCUT2D eigenvalue weighted by molar-refractivity contribution is 7.18. The second-order valence-electron chi connectivity index (χ2n) is 6.05. The summed E-state index contributed by atoms with van der Waals surface area (Å²) < 4.78 is 10.5. The van der Waals surface area contributed by atoms with Gasteiger partial charge in [-0.25, -0.2) is 4.98 Å². The van der Waals surface area contributed by atoms with Gasteiger partial charge in [0.15, 0.2) is 11.5 Å². The molecule has 0 atom stereocenters. The lowest BCUT2D eigenvalue weighted by atomic mass is 10.2. The molecule has 1 amide bonds. The molecule has 0 unspecified atom stereocenters. The van der Waals surface area contributed by atoms with E-state index in [4.69, 9.17) is 9.47 Å². The summed E-state index contributed by atoms with van der Waals surface area (Å²) in [5.41, 5.74) is 1.34. The first-order valence-corrected chi connectivity index (χ1v) is 9.01. The van der Waals surface area contributed by atoms with Crippen LogP contribution in [-0.4, -0.2) is 29.2 Å². The van der Waals surface area contributed by atoms with Crippen molar-refractivity contribution < 1.29 is 14.3 Å². The zero-order valence-corrected chi connectivity index (χ0v) is 15.2. The van der Waals surface area contributed by atoms with E-state index in [0.29, 0.717) is 41.2 Å². The number of aromatic amines is 1.